The van der Waals surface area contributed by atoms with Gasteiger partial charge in [0.2, 0.25) is 0 Å². The molecule has 1 unspecified atom stereocenters. The summed E-state index contributed by atoms with van der Waals surface area (Å²) in [7, 11) is 1.80. The lowest BCUT2D eigenvalue weighted by atomic mass is 10.3. The van der Waals surface area contributed by atoms with Gasteiger partial charge in [0.15, 0.2) is 0 Å². The van der Waals surface area contributed by atoms with Crippen LogP contribution in [0.25, 0.3) is 0 Å². The summed E-state index contributed by atoms with van der Waals surface area (Å²) in [5, 5.41) is 28.0. The minimum Gasteiger partial charge on any atom is -0.394 e. The molecular formula is C7H14N4O2. The van der Waals surface area contributed by atoms with E-state index in [1.165, 1.54) is 0 Å². The Labute approximate surface area is 76.2 Å². The summed E-state index contributed by atoms with van der Waals surface area (Å²) < 4.78 is 1.65. The van der Waals surface area contributed by atoms with Gasteiger partial charge >= 0.3 is 0 Å². The van der Waals surface area contributed by atoms with Crippen LogP contribution in [-0.2, 0) is 13.6 Å². The molecule has 0 radical (unpaired) electrons. The van der Waals surface area contributed by atoms with Crippen molar-refractivity contribution in [3.8, 4) is 0 Å². The van der Waals surface area contributed by atoms with Gasteiger partial charge in [-0.05, 0) is 0 Å². The molecule has 0 saturated heterocycles. The number of aliphatic hydroxyl groups excluding tert-OH is 2. The van der Waals surface area contributed by atoms with E-state index in [2.05, 4.69) is 15.6 Å². The van der Waals surface area contributed by atoms with Gasteiger partial charge in [-0.15, -0.1) is 5.10 Å². The van der Waals surface area contributed by atoms with E-state index >= 15 is 0 Å². The molecule has 0 saturated carbocycles. The monoisotopic (exact) mass is 186 g/mol. The summed E-state index contributed by atoms with van der Waals surface area (Å²) in [6.07, 6.45) is 0.944. The zero-order chi connectivity index (χ0) is 9.68. The highest BCUT2D eigenvalue weighted by atomic mass is 16.3. The van der Waals surface area contributed by atoms with Gasteiger partial charge in [-0.25, -0.2) is 0 Å². The van der Waals surface area contributed by atoms with E-state index in [9.17, 15) is 0 Å². The van der Waals surface area contributed by atoms with Crippen molar-refractivity contribution in [1.29, 1.82) is 0 Å². The predicted octanol–water partition coefficient (Wildman–Crippen LogP) is -1.74. The minimum absolute atomic E-state index is 0.226. The van der Waals surface area contributed by atoms with E-state index in [4.69, 9.17) is 10.2 Å². The van der Waals surface area contributed by atoms with Crippen molar-refractivity contribution in [2.75, 3.05) is 13.2 Å². The van der Waals surface area contributed by atoms with Crippen LogP contribution in [-0.4, -0.2) is 44.5 Å². The van der Waals surface area contributed by atoms with E-state index in [0.717, 1.165) is 5.69 Å². The third-order valence-corrected chi connectivity index (χ3v) is 1.71. The van der Waals surface area contributed by atoms with Crippen molar-refractivity contribution in [1.82, 2.24) is 20.3 Å². The molecule has 0 aliphatic rings. The van der Waals surface area contributed by atoms with Crippen molar-refractivity contribution in [2.24, 2.45) is 7.05 Å². The molecule has 0 bridgehead atoms. The first-order valence-electron chi connectivity index (χ1n) is 4.07. The van der Waals surface area contributed by atoms with Gasteiger partial charge in [0.1, 0.15) is 0 Å². The Hall–Kier alpha value is -0.980. The van der Waals surface area contributed by atoms with Crippen LogP contribution in [0.1, 0.15) is 5.69 Å². The molecule has 74 valence electrons. The van der Waals surface area contributed by atoms with Gasteiger partial charge in [-0.3, -0.25) is 4.68 Å². The van der Waals surface area contributed by atoms with Crippen LogP contribution >= 0.6 is 0 Å². The van der Waals surface area contributed by atoms with Crippen LogP contribution in [0.5, 0.6) is 0 Å². The molecule has 1 atom stereocenters. The molecule has 1 aromatic rings. The maximum Gasteiger partial charge on any atom is 0.0895 e. The predicted molar refractivity (Wildman–Crippen MR) is 45.8 cm³/mol. The van der Waals surface area contributed by atoms with Gasteiger partial charge < -0.3 is 15.5 Å². The first kappa shape index (κ1) is 10.1. The van der Waals surface area contributed by atoms with Gasteiger partial charge in [0.05, 0.1) is 24.6 Å². The molecule has 1 heterocycles. The molecule has 0 fully saturated rings. The number of nitrogens with zero attached hydrogens (tertiary/aromatic N) is 3. The van der Waals surface area contributed by atoms with Crippen molar-refractivity contribution in [2.45, 2.75) is 12.6 Å². The van der Waals surface area contributed by atoms with Crippen molar-refractivity contribution < 1.29 is 10.2 Å². The fourth-order valence-corrected chi connectivity index (χ4v) is 0.902. The minimum atomic E-state index is -0.707. The summed E-state index contributed by atoms with van der Waals surface area (Å²) in [5.74, 6) is 0. The summed E-state index contributed by atoms with van der Waals surface area (Å²) in [6, 6.07) is 0. The Bertz CT molecular complexity index is 250. The number of aliphatic hydroxyl groups is 2. The molecule has 0 aromatic carbocycles. The van der Waals surface area contributed by atoms with Gasteiger partial charge in [0.25, 0.3) is 0 Å². The second-order valence-corrected chi connectivity index (χ2v) is 2.82. The highest BCUT2D eigenvalue weighted by Crippen LogP contribution is 1.91. The molecule has 13 heavy (non-hydrogen) atoms. The number of aryl methyl sites for hydroxylation is 1. The fourth-order valence-electron chi connectivity index (χ4n) is 0.902. The van der Waals surface area contributed by atoms with Crippen LogP contribution in [0.4, 0.5) is 0 Å². The van der Waals surface area contributed by atoms with Crippen molar-refractivity contribution >= 4 is 0 Å². The van der Waals surface area contributed by atoms with Crippen molar-refractivity contribution in [3.63, 3.8) is 0 Å². The molecule has 1 rings (SSSR count). The third-order valence-electron chi connectivity index (χ3n) is 1.71. The Morgan fingerprint density at radius 1 is 1.69 bits per heavy atom. The Kier molecular flexibility index (Phi) is 3.81. The molecular weight excluding hydrogens is 172 g/mol. The van der Waals surface area contributed by atoms with E-state index in [0.29, 0.717) is 13.1 Å². The molecule has 1 aromatic heterocycles. The Morgan fingerprint density at radius 2 is 2.46 bits per heavy atom. The second kappa shape index (κ2) is 4.90. The highest BCUT2D eigenvalue weighted by Gasteiger charge is 2.02. The Balaban J connectivity index is 2.24. The van der Waals surface area contributed by atoms with Crippen LogP contribution in [0.3, 0.4) is 0 Å². The maximum atomic E-state index is 9.01. The maximum absolute atomic E-state index is 9.01. The number of nitrogens with one attached hydrogen (secondary N) is 1. The second-order valence-electron chi connectivity index (χ2n) is 2.82. The standard InChI is InChI=1S/C7H14N4O2/c1-11-6(3-9-10-11)2-8-4-7(13)5-12/h3,7-8,12-13H,2,4-5H2,1H3. The fraction of sp³-hybridized carbons (Fsp3) is 0.714. The largest absolute Gasteiger partial charge is 0.394 e. The van der Waals surface area contributed by atoms with E-state index in [-0.39, 0.29) is 6.61 Å². The van der Waals surface area contributed by atoms with Gasteiger partial charge in [0, 0.05) is 20.1 Å². The Morgan fingerprint density at radius 3 is 3.00 bits per heavy atom. The lowest BCUT2D eigenvalue weighted by molar-refractivity contribution is 0.0941. The van der Waals surface area contributed by atoms with Crippen LogP contribution in [0.15, 0.2) is 6.20 Å². The molecule has 0 amide bonds. The third kappa shape index (κ3) is 3.10. The molecule has 0 spiro atoms. The zero-order valence-corrected chi connectivity index (χ0v) is 7.51. The first-order chi connectivity index (χ1) is 6.24. The average Bonchev–Trinajstić information content (AvgIpc) is 2.52. The number of hydrogen-bond donors (Lipinski definition) is 3. The molecule has 6 heteroatoms. The number of hydrogen-bond acceptors (Lipinski definition) is 5. The number of aromatic nitrogens is 3. The van der Waals surface area contributed by atoms with Crippen LogP contribution < -0.4 is 5.32 Å². The van der Waals surface area contributed by atoms with E-state index in [1.54, 1.807) is 17.9 Å². The van der Waals surface area contributed by atoms with Crippen LogP contribution in [0, 0.1) is 0 Å². The summed E-state index contributed by atoms with van der Waals surface area (Å²) in [6.45, 7) is 0.721. The first-order valence-corrected chi connectivity index (χ1v) is 4.07. The lowest BCUT2D eigenvalue weighted by Gasteiger charge is -2.07. The van der Waals surface area contributed by atoms with Crippen LogP contribution in [0.2, 0.25) is 0 Å². The lowest BCUT2D eigenvalue weighted by Crippen LogP contribution is -2.29. The highest BCUT2D eigenvalue weighted by molar-refractivity contribution is 4.92. The van der Waals surface area contributed by atoms with E-state index in [1.807, 2.05) is 0 Å². The van der Waals surface area contributed by atoms with E-state index < -0.39 is 6.10 Å². The molecule has 6 nitrogen and oxygen atoms in total. The van der Waals surface area contributed by atoms with Crippen molar-refractivity contribution in [3.05, 3.63) is 11.9 Å². The average molecular weight is 186 g/mol. The normalized spacial score (nSPS) is 13.2. The molecule has 3 N–H and O–H groups in total. The summed E-state index contributed by atoms with van der Waals surface area (Å²) in [5.41, 5.74) is 0.935. The number of rotatable bonds is 5. The quantitative estimate of drug-likeness (QED) is 0.508. The molecule has 0 aliphatic carbocycles. The summed E-state index contributed by atoms with van der Waals surface area (Å²) in [4.78, 5) is 0. The molecule has 0 aliphatic heterocycles. The van der Waals surface area contributed by atoms with Gasteiger partial charge in [-0.1, -0.05) is 5.21 Å². The smallest absolute Gasteiger partial charge is 0.0895 e. The van der Waals surface area contributed by atoms with Gasteiger partial charge in [-0.2, -0.15) is 0 Å². The SMILES string of the molecule is Cn1nncc1CNCC(O)CO. The zero-order valence-electron chi connectivity index (χ0n) is 7.51. The topological polar surface area (TPSA) is 83.2 Å². The summed E-state index contributed by atoms with van der Waals surface area (Å²) >= 11 is 0.